The molecule has 146 valence electrons. The van der Waals surface area contributed by atoms with Gasteiger partial charge in [0.15, 0.2) is 0 Å². The van der Waals surface area contributed by atoms with Crippen molar-refractivity contribution in [2.45, 2.75) is 30.6 Å². The van der Waals surface area contributed by atoms with E-state index >= 15 is 0 Å². The van der Waals surface area contributed by atoms with Crippen molar-refractivity contribution < 1.29 is 18.0 Å². The molecular formula is C19H25N3O4S. The van der Waals surface area contributed by atoms with Crippen molar-refractivity contribution in [2.75, 3.05) is 38.1 Å². The van der Waals surface area contributed by atoms with Crippen LogP contribution < -0.4 is 4.90 Å². The quantitative estimate of drug-likeness (QED) is 0.726. The third-order valence-electron chi connectivity index (χ3n) is 6.04. The maximum absolute atomic E-state index is 12.8. The smallest absolute Gasteiger partial charge is 0.243 e. The highest BCUT2D eigenvalue weighted by molar-refractivity contribution is 7.89. The SMILES string of the molecule is CN1CCN(S(=O)(=O)c2ccc(N3C(=O)[C@@H]4CCCC[C@H]4C3=O)cc2)CC1. The second kappa shape index (κ2) is 7.00. The lowest BCUT2D eigenvalue weighted by Crippen LogP contribution is -2.47. The van der Waals surface area contributed by atoms with E-state index < -0.39 is 10.0 Å². The number of hydrogen-bond donors (Lipinski definition) is 0. The summed E-state index contributed by atoms with van der Waals surface area (Å²) >= 11 is 0. The molecule has 3 fully saturated rings. The van der Waals surface area contributed by atoms with Crippen molar-refractivity contribution in [3.05, 3.63) is 24.3 Å². The fourth-order valence-electron chi connectivity index (χ4n) is 4.36. The van der Waals surface area contributed by atoms with Crippen LogP contribution in [-0.4, -0.2) is 62.7 Å². The Labute approximate surface area is 160 Å². The molecule has 1 aromatic carbocycles. The molecule has 2 amide bonds. The van der Waals surface area contributed by atoms with Crippen LogP contribution in [0, 0.1) is 11.8 Å². The molecule has 27 heavy (non-hydrogen) atoms. The molecule has 2 aliphatic heterocycles. The molecule has 1 aromatic rings. The van der Waals surface area contributed by atoms with Crippen LogP contribution in [0.2, 0.25) is 0 Å². The zero-order valence-electron chi connectivity index (χ0n) is 15.5. The van der Waals surface area contributed by atoms with Crippen LogP contribution >= 0.6 is 0 Å². The molecule has 7 nitrogen and oxygen atoms in total. The van der Waals surface area contributed by atoms with Gasteiger partial charge in [-0.05, 0) is 44.2 Å². The summed E-state index contributed by atoms with van der Waals surface area (Å²) in [5, 5.41) is 0. The van der Waals surface area contributed by atoms with Gasteiger partial charge >= 0.3 is 0 Å². The van der Waals surface area contributed by atoms with E-state index in [-0.39, 0.29) is 28.5 Å². The first-order valence-electron chi connectivity index (χ1n) is 9.56. The molecule has 2 atom stereocenters. The number of fused-ring (bicyclic) bond motifs is 1. The number of carbonyl (C=O) groups is 2. The number of benzene rings is 1. The van der Waals surface area contributed by atoms with E-state index in [1.54, 1.807) is 12.1 Å². The molecule has 3 aliphatic rings. The van der Waals surface area contributed by atoms with Crippen molar-refractivity contribution in [3.63, 3.8) is 0 Å². The number of sulfonamides is 1. The number of piperazine rings is 1. The number of rotatable bonds is 3. The summed E-state index contributed by atoms with van der Waals surface area (Å²) in [6, 6.07) is 6.17. The minimum absolute atomic E-state index is 0.139. The average Bonchev–Trinajstić information content (AvgIpc) is 2.93. The van der Waals surface area contributed by atoms with Gasteiger partial charge in [0.05, 0.1) is 22.4 Å². The summed E-state index contributed by atoms with van der Waals surface area (Å²) in [7, 11) is -1.58. The minimum Gasteiger partial charge on any atom is -0.304 e. The van der Waals surface area contributed by atoms with Gasteiger partial charge in [-0.2, -0.15) is 4.31 Å². The van der Waals surface area contributed by atoms with E-state index in [2.05, 4.69) is 4.90 Å². The fraction of sp³-hybridized carbons (Fsp3) is 0.579. The van der Waals surface area contributed by atoms with Crippen LogP contribution in [0.3, 0.4) is 0 Å². The van der Waals surface area contributed by atoms with Crippen molar-refractivity contribution in [2.24, 2.45) is 11.8 Å². The summed E-state index contributed by atoms with van der Waals surface area (Å²) in [5.74, 6) is -0.696. The second-order valence-electron chi connectivity index (χ2n) is 7.71. The standard InChI is InChI=1S/C19H25N3O4S/c1-20-10-12-21(13-11-20)27(25,26)15-8-6-14(7-9-15)22-18(23)16-4-2-3-5-17(16)19(22)24/h6-9,16-17H,2-5,10-13H2,1H3/t16-,17-/m1/s1. The Bertz CT molecular complexity index is 820. The van der Waals surface area contributed by atoms with Gasteiger partial charge in [0.1, 0.15) is 0 Å². The number of likely N-dealkylation sites (N-methyl/N-ethyl adjacent to an activating group) is 1. The summed E-state index contributed by atoms with van der Waals surface area (Å²) in [5.41, 5.74) is 0.469. The minimum atomic E-state index is -3.56. The zero-order valence-corrected chi connectivity index (χ0v) is 16.3. The highest BCUT2D eigenvalue weighted by atomic mass is 32.2. The number of nitrogens with zero attached hydrogens (tertiary/aromatic N) is 3. The highest BCUT2D eigenvalue weighted by Crippen LogP contribution is 2.40. The Morgan fingerprint density at radius 3 is 1.89 bits per heavy atom. The second-order valence-corrected chi connectivity index (χ2v) is 9.65. The lowest BCUT2D eigenvalue weighted by molar-refractivity contribution is -0.122. The number of hydrogen-bond acceptors (Lipinski definition) is 5. The van der Waals surface area contributed by atoms with E-state index in [0.29, 0.717) is 31.9 Å². The molecule has 2 saturated heterocycles. The van der Waals surface area contributed by atoms with E-state index in [1.807, 2.05) is 7.05 Å². The van der Waals surface area contributed by atoms with Gasteiger partial charge in [0, 0.05) is 26.2 Å². The molecule has 0 aromatic heterocycles. The zero-order chi connectivity index (χ0) is 19.2. The largest absolute Gasteiger partial charge is 0.304 e. The summed E-state index contributed by atoms with van der Waals surface area (Å²) in [6.45, 7) is 2.34. The van der Waals surface area contributed by atoms with E-state index in [0.717, 1.165) is 25.7 Å². The highest BCUT2D eigenvalue weighted by Gasteiger charge is 2.48. The summed E-state index contributed by atoms with van der Waals surface area (Å²) in [6.07, 6.45) is 3.50. The third-order valence-corrected chi connectivity index (χ3v) is 7.95. The summed E-state index contributed by atoms with van der Waals surface area (Å²) < 4.78 is 27.1. The fourth-order valence-corrected chi connectivity index (χ4v) is 5.78. The predicted octanol–water partition coefficient (Wildman–Crippen LogP) is 1.30. The van der Waals surface area contributed by atoms with E-state index in [4.69, 9.17) is 0 Å². The van der Waals surface area contributed by atoms with Crippen molar-refractivity contribution >= 4 is 27.5 Å². The first-order valence-corrected chi connectivity index (χ1v) is 11.0. The number of carbonyl (C=O) groups excluding carboxylic acids is 2. The Hall–Kier alpha value is -1.77. The lowest BCUT2D eigenvalue weighted by atomic mass is 9.81. The number of anilines is 1. The normalized spacial score (nSPS) is 27.8. The van der Waals surface area contributed by atoms with Crippen molar-refractivity contribution in [1.29, 1.82) is 0 Å². The van der Waals surface area contributed by atoms with Gasteiger partial charge in [-0.25, -0.2) is 8.42 Å². The van der Waals surface area contributed by atoms with Crippen LogP contribution in [0.25, 0.3) is 0 Å². The van der Waals surface area contributed by atoms with E-state index in [1.165, 1.54) is 21.3 Å². The number of imide groups is 1. The van der Waals surface area contributed by atoms with Gasteiger partial charge in [0.25, 0.3) is 0 Å². The predicted molar refractivity (Wildman–Crippen MR) is 101 cm³/mol. The van der Waals surface area contributed by atoms with Gasteiger partial charge in [0.2, 0.25) is 21.8 Å². The van der Waals surface area contributed by atoms with Crippen molar-refractivity contribution in [3.8, 4) is 0 Å². The third kappa shape index (κ3) is 3.19. The summed E-state index contributed by atoms with van der Waals surface area (Å²) in [4.78, 5) is 28.9. The monoisotopic (exact) mass is 391 g/mol. The van der Waals surface area contributed by atoms with Crippen molar-refractivity contribution in [1.82, 2.24) is 9.21 Å². The Morgan fingerprint density at radius 2 is 1.37 bits per heavy atom. The van der Waals surface area contributed by atoms with Crippen LogP contribution in [0.4, 0.5) is 5.69 Å². The first kappa shape index (κ1) is 18.6. The van der Waals surface area contributed by atoms with Crippen LogP contribution in [0.1, 0.15) is 25.7 Å². The van der Waals surface area contributed by atoms with Gasteiger partial charge in [-0.3, -0.25) is 14.5 Å². The van der Waals surface area contributed by atoms with Crippen LogP contribution in [-0.2, 0) is 19.6 Å². The maximum atomic E-state index is 12.8. The molecule has 8 heteroatoms. The molecule has 0 unspecified atom stereocenters. The van der Waals surface area contributed by atoms with Gasteiger partial charge < -0.3 is 4.90 Å². The molecule has 4 rings (SSSR count). The molecule has 0 radical (unpaired) electrons. The number of amides is 2. The maximum Gasteiger partial charge on any atom is 0.243 e. The molecular weight excluding hydrogens is 366 g/mol. The Balaban J connectivity index is 1.55. The molecule has 0 bridgehead atoms. The molecule has 0 N–H and O–H groups in total. The topological polar surface area (TPSA) is 78.0 Å². The Kier molecular flexibility index (Phi) is 4.82. The Morgan fingerprint density at radius 1 is 0.852 bits per heavy atom. The van der Waals surface area contributed by atoms with Crippen LogP contribution in [0.15, 0.2) is 29.2 Å². The van der Waals surface area contributed by atoms with Gasteiger partial charge in [-0.15, -0.1) is 0 Å². The molecule has 1 saturated carbocycles. The van der Waals surface area contributed by atoms with E-state index in [9.17, 15) is 18.0 Å². The first-order chi connectivity index (χ1) is 12.9. The molecule has 0 spiro atoms. The van der Waals surface area contributed by atoms with Crippen LogP contribution in [0.5, 0.6) is 0 Å². The van der Waals surface area contributed by atoms with Gasteiger partial charge in [-0.1, -0.05) is 12.8 Å². The molecule has 2 heterocycles. The molecule has 1 aliphatic carbocycles. The average molecular weight is 391 g/mol. The lowest BCUT2D eigenvalue weighted by Gasteiger charge is -2.31.